The molecule has 124 valence electrons. The van der Waals surface area contributed by atoms with Gasteiger partial charge in [-0.3, -0.25) is 4.79 Å². The first-order valence-corrected chi connectivity index (χ1v) is 8.12. The Bertz CT molecular complexity index is 741. The van der Waals surface area contributed by atoms with Crippen molar-refractivity contribution >= 4 is 11.9 Å². The Morgan fingerprint density at radius 3 is 2.46 bits per heavy atom. The first-order chi connectivity index (χ1) is 11.6. The Morgan fingerprint density at radius 2 is 1.75 bits per heavy atom. The molecule has 1 heterocycles. The van der Waals surface area contributed by atoms with Gasteiger partial charge in [0.2, 0.25) is 0 Å². The summed E-state index contributed by atoms with van der Waals surface area (Å²) < 4.78 is 0. The van der Waals surface area contributed by atoms with Crippen LogP contribution in [0.1, 0.15) is 33.5 Å². The molecule has 3 rings (SSSR count). The van der Waals surface area contributed by atoms with E-state index in [9.17, 15) is 9.59 Å². The third-order valence-corrected chi connectivity index (χ3v) is 4.31. The quantitative estimate of drug-likeness (QED) is 0.910. The molecule has 1 aliphatic rings. The molecule has 1 aliphatic heterocycles. The molecule has 0 unspecified atom stereocenters. The standard InChI is InChI=1S/C19H21N3O2/c20-19(24)21-12-14-7-9-16(10-8-14)18(23)22-11-3-6-15-4-1-2-5-17(15)13-22/h1-2,4-5,7-10H,3,6,11-13H2,(H3,20,21,24). The second-order valence-corrected chi connectivity index (χ2v) is 6.01. The zero-order valence-corrected chi connectivity index (χ0v) is 13.5. The van der Waals surface area contributed by atoms with Crippen molar-refractivity contribution in [2.75, 3.05) is 6.54 Å². The minimum Gasteiger partial charge on any atom is -0.352 e. The summed E-state index contributed by atoms with van der Waals surface area (Å²) in [6.07, 6.45) is 1.99. The fraction of sp³-hybridized carbons (Fsp3) is 0.263. The molecule has 0 radical (unpaired) electrons. The molecular weight excluding hydrogens is 302 g/mol. The van der Waals surface area contributed by atoms with E-state index >= 15 is 0 Å². The van der Waals surface area contributed by atoms with Crippen LogP contribution in [0.15, 0.2) is 48.5 Å². The lowest BCUT2D eigenvalue weighted by Crippen LogP contribution is -2.31. The Hall–Kier alpha value is -2.82. The number of hydrogen-bond acceptors (Lipinski definition) is 2. The van der Waals surface area contributed by atoms with Crippen molar-refractivity contribution in [2.24, 2.45) is 5.73 Å². The molecule has 2 aromatic rings. The minimum absolute atomic E-state index is 0.0427. The van der Waals surface area contributed by atoms with E-state index in [4.69, 9.17) is 5.73 Å². The summed E-state index contributed by atoms with van der Waals surface area (Å²) >= 11 is 0. The number of carbonyl (C=O) groups excluding carboxylic acids is 2. The summed E-state index contributed by atoms with van der Waals surface area (Å²) in [7, 11) is 0. The average Bonchev–Trinajstić information content (AvgIpc) is 2.82. The fourth-order valence-electron chi connectivity index (χ4n) is 3.01. The molecule has 0 bridgehead atoms. The third-order valence-electron chi connectivity index (χ3n) is 4.31. The van der Waals surface area contributed by atoms with Crippen LogP contribution < -0.4 is 11.1 Å². The average molecular weight is 323 g/mol. The van der Waals surface area contributed by atoms with Gasteiger partial charge in [0, 0.05) is 25.2 Å². The van der Waals surface area contributed by atoms with Gasteiger partial charge >= 0.3 is 6.03 Å². The molecule has 5 nitrogen and oxygen atoms in total. The lowest BCUT2D eigenvalue weighted by Gasteiger charge is -2.21. The molecule has 2 aromatic carbocycles. The molecule has 0 saturated heterocycles. The van der Waals surface area contributed by atoms with Crippen molar-refractivity contribution in [3.8, 4) is 0 Å². The van der Waals surface area contributed by atoms with Crippen LogP contribution in [0.3, 0.4) is 0 Å². The van der Waals surface area contributed by atoms with Crippen LogP contribution >= 0.6 is 0 Å². The van der Waals surface area contributed by atoms with Gasteiger partial charge in [0.15, 0.2) is 0 Å². The minimum atomic E-state index is -0.557. The molecule has 5 heteroatoms. The SMILES string of the molecule is NC(=O)NCc1ccc(C(=O)N2CCCc3ccccc3C2)cc1. The Kier molecular flexibility index (Phi) is 4.79. The maximum atomic E-state index is 12.8. The summed E-state index contributed by atoms with van der Waals surface area (Å²) in [5.41, 5.74) is 9.19. The number of amides is 3. The van der Waals surface area contributed by atoms with Gasteiger partial charge in [-0.05, 0) is 41.7 Å². The number of nitrogens with zero attached hydrogens (tertiary/aromatic N) is 1. The van der Waals surface area contributed by atoms with E-state index in [-0.39, 0.29) is 5.91 Å². The van der Waals surface area contributed by atoms with E-state index < -0.39 is 6.03 Å². The predicted octanol–water partition coefficient (Wildman–Crippen LogP) is 2.44. The van der Waals surface area contributed by atoms with Crippen molar-refractivity contribution in [1.29, 1.82) is 0 Å². The highest BCUT2D eigenvalue weighted by molar-refractivity contribution is 5.94. The number of hydrogen-bond donors (Lipinski definition) is 2. The summed E-state index contributed by atoms with van der Waals surface area (Å²) in [6.45, 7) is 1.78. The van der Waals surface area contributed by atoms with Gasteiger partial charge in [0.1, 0.15) is 0 Å². The monoisotopic (exact) mass is 323 g/mol. The molecule has 0 atom stereocenters. The Labute approximate surface area is 141 Å². The summed E-state index contributed by atoms with van der Waals surface area (Å²) in [5, 5.41) is 2.54. The van der Waals surface area contributed by atoms with Crippen LogP contribution in [0.4, 0.5) is 4.79 Å². The number of carbonyl (C=O) groups is 2. The highest BCUT2D eigenvalue weighted by atomic mass is 16.2. The molecular formula is C19H21N3O2. The van der Waals surface area contributed by atoms with E-state index in [2.05, 4.69) is 23.5 Å². The van der Waals surface area contributed by atoms with E-state index in [1.165, 1.54) is 11.1 Å². The number of rotatable bonds is 3. The number of nitrogens with two attached hydrogens (primary N) is 1. The van der Waals surface area contributed by atoms with Crippen LogP contribution in [-0.2, 0) is 19.5 Å². The van der Waals surface area contributed by atoms with Crippen molar-refractivity contribution in [3.05, 3.63) is 70.8 Å². The summed E-state index contributed by atoms with van der Waals surface area (Å²) in [5.74, 6) is 0.0427. The van der Waals surface area contributed by atoms with E-state index in [0.29, 0.717) is 18.7 Å². The fourth-order valence-corrected chi connectivity index (χ4v) is 3.01. The van der Waals surface area contributed by atoms with E-state index in [1.807, 2.05) is 23.1 Å². The van der Waals surface area contributed by atoms with Crippen molar-refractivity contribution in [1.82, 2.24) is 10.2 Å². The van der Waals surface area contributed by atoms with Crippen molar-refractivity contribution in [3.63, 3.8) is 0 Å². The van der Waals surface area contributed by atoms with Gasteiger partial charge in [0.05, 0.1) is 0 Å². The molecule has 0 spiro atoms. The van der Waals surface area contributed by atoms with Crippen LogP contribution in [0.5, 0.6) is 0 Å². The maximum Gasteiger partial charge on any atom is 0.312 e. The number of aryl methyl sites for hydroxylation is 1. The number of benzene rings is 2. The van der Waals surface area contributed by atoms with E-state index in [1.54, 1.807) is 12.1 Å². The topological polar surface area (TPSA) is 75.4 Å². The smallest absolute Gasteiger partial charge is 0.312 e. The van der Waals surface area contributed by atoms with Gasteiger partial charge in [0.25, 0.3) is 5.91 Å². The summed E-state index contributed by atoms with van der Waals surface area (Å²) in [4.78, 5) is 25.4. The van der Waals surface area contributed by atoms with Crippen molar-refractivity contribution < 1.29 is 9.59 Å². The van der Waals surface area contributed by atoms with Crippen molar-refractivity contribution in [2.45, 2.75) is 25.9 Å². The molecule has 3 N–H and O–H groups in total. The highest BCUT2D eigenvalue weighted by Crippen LogP contribution is 2.20. The van der Waals surface area contributed by atoms with Gasteiger partial charge in [-0.1, -0.05) is 36.4 Å². The van der Waals surface area contributed by atoms with Crippen LogP contribution in [0, 0.1) is 0 Å². The van der Waals surface area contributed by atoms with Crippen LogP contribution in [0.25, 0.3) is 0 Å². The molecule has 0 aliphatic carbocycles. The Morgan fingerprint density at radius 1 is 1.04 bits per heavy atom. The first kappa shape index (κ1) is 16.1. The lowest BCUT2D eigenvalue weighted by atomic mass is 10.0. The highest BCUT2D eigenvalue weighted by Gasteiger charge is 2.19. The number of primary amides is 1. The molecule has 0 fully saturated rings. The first-order valence-electron chi connectivity index (χ1n) is 8.12. The molecule has 3 amide bonds. The van der Waals surface area contributed by atoms with Gasteiger partial charge in [-0.2, -0.15) is 0 Å². The van der Waals surface area contributed by atoms with Gasteiger partial charge < -0.3 is 16.0 Å². The third kappa shape index (κ3) is 3.74. The zero-order chi connectivity index (χ0) is 16.9. The summed E-state index contributed by atoms with van der Waals surface area (Å²) in [6, 6.07) is 15.0. The normalized spacial score (nSPS) is 13.8. The largest absolute Gasteiger partial charge is 0.352 e. The lowest BCUT2D eigenvalue weighted by molar-refractivity contribution is 0.0746. The second kappa shape index (κ2) is 7.17. The Balaban J connectivity index is 1.71. The zero-order valence-electron chi connectivity index (χ0n) is 13.5. The molecule has 24 heavy (non-hydrogen) atoms. The predicted molar refractivity (Wildman–Crippen MR) is 92.4 cm³/mol. The maximum absolute atomic E-state index is 12.8. The van der Waals surface area contributed by atoms with Crippen LogP contribution in [-0.4, -0.2) is 23.4 Å². The number of fused-ring (bicyclic) bond motifs is 1. The molecule has 0 saturated carbocycles. The number of nitrogens with one attached hydrogen (secondary N) is 1. The van der Waals surface area contributed by atoms with Crippen LogP contribution in [0.2, 0.25) is 0 Å². The second-order valence-electron chi connectivity index (χ2n) is 6.01. The number of urea groups is 1. The van der Waals surface area contributed by atoms with E-state index in [0.717, 1.165) is 24.9 Å². The van der Waals surface area contributed by atoms with Gasteiger partial charge in [-0.25, -0.2) is 4.79 Å². The molecule has 0 aromatic heterocycles. The van der Waals surface area contributed by atoms with Gasteiger partial charge in [-0.15, -0.1) is 0 Å².